The summed E-state index contributed by atoms with van der Waals surface area (Å²) in [6.45, 7) is 0. The van der Waals surface area contributed by atoms with Crippen molar-refractivity contribution < 1.29 is 5.11 Å². The Morgan fingerprint density at radius 2 is 2.18 bits per heavy atom. The first-order chi connectivity index (χ1) is 8.25. The molecule has 0 aliphatic rings. The lowest BCUT2D eigenvalue weighted by molar-refractivity contribution is 0.474. The number of nitrogens with one attached hydrogen (secondary N) is 1. The van der Waals surface area contributed by atoms with Crippen LogP contribution >= 0.6 is 11.6 Å². The third-order valence-corrected chi connectivity index (χ3v) is 2.28. The van der Waals surface area contributed by atoms with Crippen molar-refractivity contribution in [3.8, 4) is 5.75 Å². The van der Waals surface area contributed by atoms with Crippen molar-refractivity contribution in [1.29, 1.82) is 0 Å². The molecule has 2 aromatic rings. The molecule has 1 aromatic carbocycles. The van der Waals surface area contributed by atoms with Crippen molar-refractivity contribution in [2.75, 3.05) is 5.43 Å². The number of nitrogens with zero attached hydrogens (tertiary/aromatic N) is 2. The Balaban J connectivity index is 2.06. The zero-order valence-electron chi connectivity index (χ0n) is 8.84. The SMILES string of the molecule is Oc1cc(Cl)ccc1/C=N/Nc1ccccn1. The van der Waals surface area contributed by atoms with E-state index in [2.05, 4.69) is 15.5 Å². The number of hydrogen-bond donors (Lipinski definition) is 2. The summed E-state index contributed by atoms with van der Waals surface area (Å²) >= 11 is 5.72. The molecule has 0 unspecified atom stereocenters. The van der Waals surface area contributed by atoms with Crippen LogP contribution in [0.15, 0.2) is 47.7 Å². The van der Waals surface area contributed by atoms with Crippen LogP contribution in [0.1, 0.15) is 5.56 Å². The summed E-state index contributed by atoms with van der Waals surface area (Å²) < 4.78 is 0. The smallest absolute Gasteiger partial charge is 0.146 e. The molecule has 1 heterocycles. The monoisotopic (exact) mass is 247 g/mol. The first-order valence-electron chi connectivity index (χ1n) is 4.94. The Labute approximate surface area is 104 Å². The van der Waals surface area contributed by atoms with Gasteiger partial charge in [-0.25, -0.2) is 4.98 Å². The van der Waals surface area contributed by atoms with Crippen LogP contribution in [0.2, 0.25) is 5.02 Å². The van der Waals surface area contributed by atoms with Crippen molar-refractivity contribution in [3.63, 3.8) is 0 Å². The first kappa shape index (κ1) is 11.4. The summed E-state index contributed by atoms with van der Waals surface area (Å²) in [5.74, 6) is 0.723. The van der Waals surface area contributed by atoms with Gasteiger partial charge in [0.05, 0.1) is 6.21 Å². The molecule has 0 atom stereocenters. The summed E-state index contributed by atoms with van der Waals surface area (Å²) in [5.41, 5.74) is 3.33. The maximum Gasteiger partial charge on any atom is 0.146 e. The standard InChI is InChI=1S/C12H10ClN3O/c13-10-5-4-9(11(17)7-10)8-15-16-12-3-1-2-6-14-12/h1-8,17H,(H,14,16)/b15-8+. The van der Waals surface area contributed by atoms with Crippen LogP contribution in [0, 0.1) is 0 Å². The zero-order chi connectivity index (χ0) is 12.1. The molecule has 0 aliphatic carbocycles. The average molecular weight is 248 g/mol. The number of hydrazone groups is 1. The molecule has 5 heteroatoms. The summed E-state index contributed by atoms with van der Waals surface area (Å²) in [4.78, 5) is 4.04. The Morgan fingerprint density at radius 3 is 2.88 bits per heavy atom. The minimum absolute atomic E-state index is 0.0871. The van der Waals surface area contributed by atoms with Crippen LogP contribution < -0.4 is 5.43 Å². The second kappa shape index (κ2) is 5.32. The van der Waals surface area contributed by atoms with Gasteiger partial charge in [-0.05, 0) is 30.3 Å². The minimum atomic E-state index is 0.0871. The van der Waals surface area contributed by atoms with E-state index in [1.54, 1.807) is 24.4 Å². The van der Waals surface area contributed by atoms with Crippen LogP contribution in [-0.2, 0) is 0 Å². The summed E-state index contributed by atoms with van der Waals surface area (Å²) in [5, 5.41) is 14.0. The van der Waals surface area contributed by atoms with Gasteiger partial charge in [0.25, 0.3) is 0 Å². The highest BCUT2D eigenvalue weighted by atomic mass is 35.5. The molecule has 2 N–H and O–H groups in total. The van der Waals surface area contributed by atoms with Gasteiger partial charge in [0, 0.05) is 16.8 Å². The summed E-state index contributed by atoms with van der Waals surface area (Å²) in [6, 6.07) is 10.3. The predicted octanol–water partition coefficient (Wildman–Crippen LogP) is 2.89. The Morgan fingerprint density at radius 1 is 1.29 bits per heavy atom. The fourth-order valence-electron chi connectivity index (χ4n) is 1.22. The van der Waals surface area contributed by atoms with Crippen molar-refractivity contribution in [1.82, 2.24) is 4.98 Å². The number of aromatic nitrogens is 1. The normalized spacial score (nSPS) is 10.6. The highest BCUT2D eigenvalue weighted by Gasteiger charge is 1.98. The molecule has 0 aliphatic heterocycles. The number of benzene rings is 1. The van der Waals surface area contributed by atoms with Gasteiger partial charge >= 0.3 is 0 Å². The van der Waals surface area contributed by atoms with Crippen LogP contribution in [0.25, 0.3) is 0 Å². The molecule has 17 heavy (non-hydrogen) atoms. The molecule has 4 nitrogen and oxygen atoms in total. The molecule has 0 bridgehead atoms. The van der Waals surface area contributed by atoms with E-state index in [1.807, 2.05) is 12.1 Å². The Bertz CT molecular complexity index is 529. The van der Waals surface area contributed by atoms with Gasteiger partial charge in [0.1, 0.15) is 11.6 Å². The molecule has 86 valence electrons. The number of aromatic hydroxyl groups is 1. The maximum atomic E-state index is 9.57. The number of rotatable bonds is 3. The molecule has 2 rings (SSSR count). The second-order valence-electron chi connectivity index (χ2n) is 3.29. The van der Waals surface area contributed by atoms with Gasteiger partial charge in [-0.1, -0.05) is 17.7 Å². The summed E-state index contributed by atoms with van der Waals surface area (Å²) in [7, 11) is 0. The number of anilines is 1. The highest BCUT2D eigenvalue weighted by Crippen LogP contribution is 2.20. The number of halogens is 1. The molecule has 0 radical (unpaired) electrons. The largest absolute Gasteiger partial charge is 0.507 e. The average Bonchev–Trinajstić information content (AvgIpc) is 2.33. The maximum absolute atomic E-state index is 9.57. The molecule has 0 saturated heterocycles. The van der Waals surface area contributed by atoms with E-state index < -0.39 is 0 Å². The van der Waals surface area contributed by atoms with Gasteiger partial charge in [-0.2, -0.15) is 5.10 Å². The molecular weight excluding hydrogens is 238 g/mol. The van der Waals surface area contributed by atoms with E-state index in [0.717, 1.165) is 0 Å². The van der Waals surface area contributed by atoms with E-state index in [9.17, 15) is 5.11 Å². The molecule has 0 fully saturated rings. The van der Waals surface area contributed by atoms with E-state index in [1.165, 1.54) is 12.3 Å². The lowest BCUT2D eigenvalue weighted by Crippen LogP contribution is -1.92. The Hall–Kier alpha value is -2.07. The molecule has 1 aromatic heterocycles. The topological polar surface area (TPSA) is 57.5 Å². The van der Waals surface area contributed by atoms with Crippen LogP contribution in [0.5, 0.6) is 5.75 Å². The van der Waals surface area contributed by atoms with E-state index in [0.29, 0.717) is 16.4 Å². The third kappa shape index (κ3) is 3.19. The van der Waals surface area contributed by atoms with Gasteiger partial charge in [-0.15, -0.1) is 0 Å². The molecule has 0 amide bonds. The number of phenols is 1. The minimum Gasteiger partial charge on any atom is -0.507 e. The lowest BCUT2D eigenvalue weighted by Gasteiger charge is -2.00. The van der Waals surface area contributed by atoms with Crippen molar-refractivity contribution in [2.24, 2.45) is 5.10 Å². The van der Waals surface area contributed by atoms with Gasteiger partial charge in [0.15, 0.2) is 0 Å². The molecule has 0 saturated carbocycles. The van der Waals surface area contributed by atoms with Crippen LogP contribution in [0.4, 0.5) is 5.82 Å². The lowest BCUT2D eigenvalue weighted by atomic mass is 10.2. The number of hydrogen-bond acceptors (Lipinski definition) is 4. The Kier molecular flexibility index (Phi) is 3.57. The second-order valence-corrected chi connectivity index (χ2v) is 3.72. The quantitative estimate of drug-likeness (QED) is 0.648. The summed E-state index contributed by atoms with van der Waals surface area (Å²) in [6.07, 6.45) is 3.16. The fourth-order valence-corrected chi connectivity index (χ4v) is 1.39. The predicted molar refractivity (Wildman–Crippen MR) is 68.6 cm³/mol. The van der Waals surface area contributed by atoms with Gasteiger partial charge < -0.3 is 5.11 Å². The van der Waals surface area contributed by atoms with E-state index >= 15 is 0 Å². The number of phenolic OH excluding ortho intramolecular Hbond substituents is 1. The molecular formula is C12H10ClN3O. The number of pyridine rings is 1. The molecule has 0 spiro atoms. The van der Waals surface area contributed by atoms with E-state index in [-0.39, 0.29) is 5.75 Å². The third-order valence-electron chi connectivity index (χ3n) is 2.04. The highest BCUT2D eigenvalue weighted by molar-refractivity contribution is 6.30. The first-order valence-corrected chi connectivity index (χ1v) is 5.32. The van der Waals surface area contributed by atoms with Gasteiger partial charge in [0.2, 0.25) is 0 Å². The van der Waals surface area contributed by atoms with Crippen LogP contribution in [0.3, 0.4) is 0 Å². The van der Waals surface area contributed by atoms with Crippen molar-refractivity contribution in [3.05, 3.63) is 53.2 Å². The zero-order valence-corrected chi connectivity index (χ0v) is 9.59. The van der Waals surface area contributed by atoms with Gasteiger partial charge in [-0.3, -0.25) is 5.43 Å². The van der Waals surface area contributed by atoms with Crippen molar-refractivity contribution >= 4 is 23.6 Å². The van der Waals surface area contributed by atoms with E-state index in [4.69, 9.17) is 11.6 Å². The van der Waals surface area contributed by atoms with Crippen molar-refractivity contribution in [2.45, 2.75) is 0 Å². The van der Waals surface area contributed by atoms with Crippen LogP contribution in [-0.4, -0.2) is 16.3 Å². The fraction of sp³-hybridized carbons (Fsp3) is 0.